The van der Waals surface area contributed by atoms with Crippen molar-refractivity contribution in [1.82, 2.24) is 0 Å². The van der Waals surface area contributed by atoms with E-state index in [1.54, 1.807) is 13.8 Å². The zero-order valence-corrected chi connectivity index (χ0v) is 10.9. The zero-order chi connectivity index (χ0) is 14.6. The van der Waals surface area contributed by atoms with E-state index in [0.717, 1.165) is 0 Å². The molecule has 6 nitrogen and oxygen atoms in total. The average molecular weight is 260 g/mol. The summed E-state index contributed by atoms with van der Waals surface area (Å²) in [5, 5.41) is 27.3. The summed E-state index contributed by atoms with van der Waals surface area (Å²) in [6, 6.07) is 0. The van der Waals surface area contributed by atoms with Crippen LogP contribution in [0.2, 0.25) is 0 Å². The van der Waals surface area contributed by atoms with E-state index >= 15 is 0 Å². The first-order valence-electron chi connectivity index (χ1n) is 5.82. The fraction of sp³-hybridized carbons (Fsp3) is 0.750. The first-order valence-corrected chi connectivity index (χ1v) is 5.82. The highest BCUT2D eigenvalue weighted by atomic mass is 16.4. The maximum Gasteiger partial charge on any atom is 0.310 e. The topological polar surface area (TPSA) is 112 Å². The molecule has 0 aliphatic heterocycles. The molecule has 6 heteroatoms. The van der Waals surface area contributed by atoms with Crippen LogP contribution in [0.1, 0.15) is 46.5 Å². The van der Waals surface area contributed by atoms with Gasteiger partial charge in [0.25, 0.3) is 0 Å². The van der Waals surface area contributed by atoms with E-state index in [1.807, 2.05) is 0 Å². The number of carboxylic acids is 3. The Morgan fingerprint density at radius 1 is 0.944 bits per heavy atom. The first-order chi connectivity index (χ1) is 8.13. The van der Waals surface area contributed by atoms with Gasteiger partial charge in [-0.2, -0.15) is 0 Å². The van der Waals surface area contributed by atoms with E-state index in [9.17, 15) is 19.5 Å². The molecule has 0 rings (SSSR count). The second-order valence-corrected chi connectivity index (χ2v) is 4.91. The normalized spacial score (nSPS) is 17.5. The Labute approximate surface area is 106 Å². The summed E-state index contributed by atoms with van der Waals surface area (Å²) >= 11 is 0. The molecule has 0 heterocycles. The molecule has 0 aromatic heterocycles. The molecule has 0 aromatic rings. The van der Waals surface area contributed by atoms with Gasteiger partial charge < -0.3 is 15.3 Å². The fourth-order valence-electron chi connectivity index (χ4n) is 2.00. The number of carbonyl (C=O) groups is 3. The van der Waals surface area contributed by atoms with Crippen molar-refractivity contribution in [3.8, 4) is 0 Å². The quantitative estimate of drug-likeness (QED) is 0.613. The standard InChI is InChI=1S/C12H20O6/c1-4-11(3,9(15)16)7-12(5-2,10(17)18)6-8(13)14/h4-7H2,1-3H3,(H,13,14)(H,15,16)(H,17,18). The highest BCUT2D eigenvalue weighted by Crippen LogP contribution is 2.42. The highest BCUT2D eigenvalue weighted by molar-refractivity contribution is 5.83. The van der Waals surface area contributed by atoms with Crippen LogP contribution in [0.5, 0.6) is 0 Å². The van der Waals surface area contributed by atoms with Gasteiger partial charge in [0, 0.05) is 0 Å². The van der Waals surface area contributed by atoms with E-state index in [4.69, 9.17) is 10.2 Å². The van der Waals surface area contributed by atoms with Gasteiger partial charge in [0.15, 0.2) is 0 Å². The van der Waals surface area contributed by atoms with Gasteiger partial charge in [-0.3, -0.25) is 14.4 Å². The van der Waals surface area contributed by atoms with Crippen LogP contribution in [0.4, 0.5) is 0 Å². The van der Waals surface area contributed by atoms with Crippen molar-refractivity contribution >= 4 is 17.9 Å². The molecule has 0 bridgehead atoms. The van der Waals surface area contributed by atoms with Crippen molar-refractivity contribution in [3.63, 3.8) is 0 Å². The molecule has 0 aromatic carbocycles. The van der Waals surface area contributed by atoms with Crippen molar-refractivity contribution < 1.29 is 29.7 Å². The SMILES string of the molecule is CCC(C)(CC(CC)(CC(=O)O)C(=O)O)C(=O)O. The number of rotatable bonds is 8. The largest absolute Gasteiger partial charge is 0.481 e. The Morgan fingerprint density at radius 2 is 1.44 bits per heavy atom. The van der Waals surface area contributed by atoms with Crippen LogP contribution in [0, 0.1) is 10.8 Å². The van der Waals surface area contributed by atoms with E-state index < -0.39 is 35.2 Å². The van der Waals surface area contributed by atoms with Crippen molar-refractivity contribution in [2.45, 2.75) is 46.5 Å². The molecule has 18 heavy (non-hydrogen) atoms. The molecule has 0 saturated carbocycles. The van der Waals surface area contributed by atoms with E-state index in [0.29, 0.717) is 0 Å². The lowest BCUT2D eigenvalue weighted by molar-refractivity contribution is -0.163. The van der Waals surface area contributed by atoms with Crippen molar-refractivity contribution in [1.29, 1.82) is 0 Å². The van der Waals surface area contributed by atoms with Crippen LogP contribution in [-0.4, -0.2) is 33.2 Å². The molecule has 3 N–H and O–H groups in total. The van der Waals surface area contributed by atoms with E-state index in [1.165, 1.54) is 6.92 Å². The van der Waals surface area contributed by atoms with Gasteiger partial charge in [-0.15, -0.1) is 0 Å². The van der Waals surface area contributed by atoms with Gasteiger partial charge in [-0.1, -0.05) is 13.8 Å². The Bertz CT molecular complexity index is 350. The molecule has 0 saturated heterocycles. The van der Waals surface area contributed by atoms with Gasteiger partial charge in [0.2, 0.25) is 0 Å². The molecule has 104 valence electrons. The minimum atomic E-state index is -1.53. The lowest BCUT2D eigenvalue weighted by atomic mass is 9.67. The van der Waals surface area contributed by atoms with E-state index in [2.05, 4.69) is 0 Å². The number of hydrogen-bond acceptors (Lipinski definition) is 3. The van der Waals surface area contributed by atoms with Crippen LogP contribution >= 0.6 is 0 Å². The summed E-state index contributed by atoms with van der Waals surface area (Å²) < 4.78 is 0. The molecule has 0 fully saturated rings. The highest BCUT2D eigenvalue weighted by Gasteiger charge is 2.47. The first kappa shape index (κ1) is 16.4. The van der Waals surface area contributed by atoms with Gasteiger partial charge in [-0.25, -0.2) is 0 Å². The summed E-state index contributed by atoms with van der Waals surface area (Å²) in [5.74, 6) is -3.59. The Morgan fingerprint density at radius 3 is 1.67 bits per heavy atom. The van der Waals surface area contributed by atoms with Gasteiger partial charge >= 0.3 is 17.9 Å². The summed E-state index contributed by atoms with van der Waals surface area (Å²) in [4.78, 5) is 33.4. The lowest BCUT2D eigenvalue weighted by Crippen LogP contribution is -2.41. The van der Waals surface area contributed by atoms with Gasteiger partial charge in [0.1, 0.15) is 0 Å². The summed E-state index contributed by atoms with van der Waals surface area (Å²) in [5.41, 5.74) is -2.77. The minimum Gasteiger partial charge on any atom is -0.481 e. The van der Waals surface area contributed by atoms with E-state index in [-0.39, 0.29) is 19.3 Å². The molecule has 0 aliphatic rings. The summed E-state index contributed by atoms with van der Waals surface area (Å²) in [7, 11) is 0. The zero-order valence-electron chi connectivity index (χ0n) is 10.9. The average Bonchev–Trinajstić information content (AvgIpc) is 2.26. The van der Waals surface area contributed by atoms with Crippen LogP contribution < -0.4 is 0 Å². The maximum atomic E-state index is 11.3. The predicted molar refractivity (Wildman–Crippen MR) is 63.3 cm³/mol. The van der Waals surface area contributed by atoms with Gasteiger partial charge in [-0.05, 0) is 26.2 Å². The number of aliphatic carboxylic acids is 3. The van der Waals surface area contributed by atoms with Crippen molar-refractivity contribution in [3.05, 3.63) is 0 Å². The van der Waals surface area contributed by atoms with Crippen LogP contribution in [0.15, 0.2) is 0 Å². The smallest absolute Gasteiger partial charge is 0.310 e. The predicted octanol–water partition coefficient (Wildman–Crippen LogP) is 1.83. The summed E-state index contributed by atoms with van der Waals surface area (Å²) in [6.45, 7) is 4.66. The molecular formula is C12H20O6. The van der Waals surface area contributed by atoms with Crippen LogP contribution in [0.3, 0.4) is 0 Å². The van der Waals surface area contributed by atoms with Gasteiger partial charge in [0.05, 0.1) is 17.3 Å². The molecule has 2 unspecified atom stereocenters. The lowest BCUT2D eigenvalue weighted by Gasteiger charge is -2.34. The number of hydrogen-bond donors (Lipinski definition) is 3. The fourth-order valence-corrected chi connectivity index (χ4v) is 2.00. The van der Waals surface area contributed by atoms with Crippen LogP contribution in [-0.2, 0) is 14.4 Å². The molecule has 0 radical (unpaired) electrons. The molecule has 0 spiro atoms. The molecule has 2 atom stereocenters. The molecule has 0 aliphatic carbocycles. The third-order valence-electron chi connectivity index (χ3n) is 3.65. The Hall–Kier alpha value is -1.59. The second-order valence-electron chi connectivity index (χ2n) is 4.91. The Balaban J connectivity index is 5.40. The minimum absolute atomic E-state index is 0.0809. The third-order valence-corrected chi connectivity index (χ3v) is 3.65. The monoisotopic (exact) mass is 260 g/mol. The molecular weight excluding hydrogens is 240 g/mol. The number of carboxylic acid groups (broad SMARTS) is 3. The molecule has 0 amide bonds. The third kappa shape index (κ3) is 3.45. The summed E-state index contributed by atoms with van der Waals surface area (Å²) in [6.07, 6.45) is -0.430. The van der Waals surface area contributed by atoms with Crippen LogP contribution in [0.25, 0.3) is 0 Å². The second kappa shape index (κ2) is 5.84. The van der Waals surface area contributed by atoms with Crippen molar-refractivity contribution in [2.75, 3.05) is 0 Å². The van der Waals surface area contributed by atoms with Crippen molar-refractivity contribution in [2.24, 2.45) is 10.8 Å². The maximum absolute atomic E-state index is 11.3. The Kier molecular flexibility index (Phi) is 5.32.